The zero-order chi connectivity index (χ0) is 14.4. The topological polar surface area (TPSA) is 75.1 Å². The Balaban J connectivity index is 1.44. The van der Waals surface area contributed by atoms with Crippen LogP contribution in [0.4, 0.5) is 14.6 Å². The molecule has 2 fully saturated rings. The highest BCUT2D eigenvalue weighted by Gasteiger charge is 2.61. The van der Waals surface area contributed by atoms with Crippen molar-refractivity contribution in [3.63, 3.8) is 0 Å². The van der Waals surface area contributed by atoms with Gasteiger partial charge in [-0.3, -0.25) is 0 Å². The first-order valence-corrected chi connectivity index (χ1v) is 6.55. The van der Waals surface area contributed by atoms with E-state index in [1.165, 1.54) is 12.4 Å². The number of alkyl halides is 2. The van der Waals surface area contributed by atoms with Gasteiger partial charge in [-0.15, -0.1) is 0 Å². The lowest BCUT2D eigenvalue weighted by Gasteiger charge is -2.57. The Bertz CT molecular complexity index is 517. The van der Waals surface area contributed by atoms with E-state index in [9.17, 15) is 13.6 Å². The summed E-state index contributed by atoms with van der Waals surface area (Å²) < 4.78 is 25.7. The molecule has 0 amide bonds. The molecule has 1 spiro atoms. The van der Waals surface area contributed by atoms with E-state index in [1.54, 1.807) is 0 Å². The number of nitrogens with zero attached hydrogens (tertiary/aromatic N) is 2. The summed E-state index contributed by atoms with van der Waals surface area (Å²) in [5, 5.41) is 11.8. The summed E-state index contributed by atoms with van der Waals surface area (Å²) in [7, 11) is 0. The van der Waals surface area contributed by atoms with Crippen LogP contribution in [0.25, 0.3) is 0 Å². The largest absolute Gasteiger partial charge is 0.476 e. The Morgan fingerprint density at radius 2 is 2.05 bits per heavy atom. The van der Waals surface area contributed by atoms with Crippen LogP contribution in [0.15, 0.2) is 12.4 Å². The molecular weight excluding hydrogens is 268 g/mol. The van der Waals surface area contributed by atoms with Crippen LogP contribution in [0.3, 0.4) is 0 Å². The Morgan fingerprint density at radius 3 is 2.55 bits per heavy atom. The lowest BCUT2D eigenvalue weighted by Crippen LogP contribution is -2.54. The molecule has 0 aromatic carbocycles. The molecule has 1 heterocycles. The van der Waals surface area contributed by atoms with Gasteiger partial charge >= 0.3 is 5.97 Å². The predicted molar refractivity (Wildman–Crippen MR) is 66.8 cm³/mol. The highest BCUT2D eigenvalue weighted by molar-refractivity contribution is 5.84. The van der Waals surface area contributed by atoms with Crippen molar-refractivity contribution in [3.05, 3.63) is 18.1 Å². The smallest absolute Gasteiger partial charge is 0.356 e. The van der Waals surface area contributed by atoms with E-state index in [0.717, 1.165) is 12.8 Å². The van der Waals surface area contributed by atoms with Crippen LogP contribution in [0.2, 0.25) is 0 Å². The van der Waals surface area contributed by atoms with Crippen molar-refractivity contribution in [1.82, 2.24) is 9.97 Å². The second-order valence-corrected chi connectivity index (χ2v) is 5.96. The fraction of sp³-hybridized carbons (Fsp3) is 0.615. The molecule has 1 aromatic rings. The number of aromatic nitrogens is 2. The summed E-state index contributed by atoms with van der Waals surface area (Å²) in [5.74, 6) is -2.67. The summed E-state index contributed by atoms with van der Waals surface area (Å²) in [6.07, 6.45) is 4.29. The number of carboxylic acids is 1. The van der Waals surface area contributed by atoms with Gasteiger partial charge in [0.25, 0.3) is 0 Å². The van der Waals surface area contributed by atoms with Crippen LogP contribution in [0, 0.1) is 11.3 Å². The van der Waals surface area contributed by atoms with Crippen LogP contribution >= 0.6 is 0 Å². The van der Waals surface area contributed by atoms with Gasteiger partial charge in [-0.2, -0.15) is 0 Å². The van der Waals surface area contributed by atoms with Crippen molar-refractivity contribution in [3.8, 4) is 0 Å². The molecule has 0 unspecified atom stereocenters. The number of carbonyl (C=O) groups is 1. The van der Waals surface area contributed by atoms with Crippen molar-refractivity contribution in [1.29, 1.82) is 0 Å². The van der Waals surface area contributed by atoms with Crippen LogP contribution in [-0.2, 0) is 0 Å². The lowest BCUT2D eigenvalue weighted by molar-refractivity contribution is -0.204. The zero-order valence-corrected chi connectivity index (χ0v) is 10.8. The monoisotopic (exact) mass is 283 g/mol. The fourth-order valence-corrected chi connectivity index (χ4v) is 3.42. The number of rotatable bonds is 4. The summed E-state index contributed by atoms with van der Waals surface area (Å²) in [6, 6.07) is 0. The predicted octanol–water partition coefficient (Wildman–Crippen LogP) is 2.41. The molecule has 2 aliphatic carbocycles. The average Bonchev–Trinajstić information content (AvgIpc) is 2.31. The van der Waals surface area contributed by atoms with Crippen molar-refractivity contribution >= 4 is 11.8 Å². The maximum atomic E-state index is 12.9. The van der Waals surface area contributed by atoms with E-state index in [4.69, 9.17) is 5.11 Å². The van der Waals surface area contributed by atoms with E-state index in [2.05, 4.69) is 15.3 Å². The number of hydrogen-bond donors (Lipinski definition) is 2. The fourth-order valence-electron chi connectivity index (χ4n) is 3.42. The Morgan fingerprint density at radius 1 is 1.35 bits per heavy atom. The number of nitrogens with one attached hydrogen (secondary N) is 1. The van der Waals surface area contributed by atoms with Gasteiger partial charge in [0.2, 0.25) is 5.92 Å². The molecule has 1 aromatic heterocycles. The number of halogens is 2. The quantitative estimate of drug-likeness (QED) is 0.887. The first kappa shape index (κ1) is 13.2. The summed E-state index contributed by atoms with van der Waals surface area (Å²) in [4.78, 5) is 18.3. The summed E-state index contributed by atoms with van der Waals surface area (Å²) >= 11 is 0. The average molecular weight is 283 g/mol. The van der Waals surface area contributed by atoms with Crippen molar-refractivity contribution in [2.24, 2.45) is 11.3 Å². The first-order valence-electron chi connectivity index (χ1n) is 6.55. The van der Waals surface area contributed by atoms with E-state index in [-0.39, 0.29) is 24.0 Å². The molecule has 2 saturated carbocycles. The zero-order valence-electron chi connectivity index (χ0n) is 10.8. The van der Waals surface area contributed by atoms with Crippen molar-refractivity contribution in [2.45, 2.75) is 31.6 Å². The van der Waals surface area contributed by atoms with Gasteiger partial charge in [-0.05, 0) is 24.2 Å². The van der Waals surface area contributed by atoms with Crippen LogP contribution < -0.4 is 5.32 Å². The van der Waals surface area contributed by atoms with Crippen LogP contribution in [0.5, 0.6) is 0 Å². The maximum absolute atomic E-state index is 12.9. The van der Waals surface area contributed by atoms with E-state index in [1.807, 2.05) is 0 Å². The summed E-state index contributed by atoms with van der Waals surface area (Å²) in [5.41, 5.74) is -0.218. The number of aromatic carboxylic acids is 1. The number of anilines is 1. The highest BCUT2D eigenvalue weighted by Crippen LogP contribution is 2.64. The van der Waals surface area contributed by atoms with Gasteiger partial charge in [0.1, 0.15) is 5.82 Å². The molecule has 2 aliphatic rings. The van der Waals surface area contributed by atoms with Gasteiger partial charge in [0.15, 0.2) is 5.69 Å². The van der Waals surface area contributed by atoms with Gasteiger partial charge in [-0.25, -0.2) is 23.5 Å². The Hall–Kier alpha value is -1.79. The third kappa shape index (κ3) is 2.44. The highest BCUT2D eigenvalue weighted by atomic mass is 19.3. The van der Waals surface area contributed by atoms with E-state index >= 15 is 0 Å². The van der Waals surface area contributed by atoms with E-state index < -0.39 is 11.9 Å². The standard InChI is InChI=1S/C13H15F2N3O2/c14-13(15)6-12(7-13)1-8(2-12)3-17-10-5-16-9(4-18-10)11(19)20/h4-5,8H,1-3,6-7H2,(H,17,18)(H,19,20). The molecule has 2 N–H and O–H groups in total. The SMILES string of the molecule is O=C(O)c1cnc(NCC2CC3(C2)CC(F)(F)C3)cn1. The van der Waals surface area contributed by atoms with Gasteiger partial charge < -0.3 is 10.4 Å². The molecule has 3 rings (SSSR count). The van der Waals surface area contributed by atoms with Gasteiger partial charge in [0.05, 0.1) is 12.4 Å². The van der Waals surface area contributed by atoms with E-state index in [0.29, 0.717) is 18.3 Å². The molecule has 0 radical (unpaired) electrons. The molecule has 7 heteroatoms. The summed E-state index contributed by atoms with van der Waals surface area (Å²) in [6.45, 7) is 0.661. The molecule has 0 aliphatic heterocycles. The second kappa shape index (κ2) is 4.36. The third-order valence-corrected chi connectivity index (χ3v) is 4.15. The van der Waals surface area contributed by atoms with Gasteiger partial charge in [0, 0.05) is 19.4 Å². The normalized spacial score (nSPS) is 22.9. The maximum Gasteiger partial charge on any atom is 0.356 e. The Kier molecular flexibility index (Phi) is 2.88. The first-order chi connectivity index (χ1) is 9.38. The third-order valence-electron chi connectivity index (χ3n) is 4.15. The van der Waals surface area contributed by atoms with Gasteiger partial charge in [-0.1, -0.05) is 0 Å². The van der Waals surface area contributed by atoms with Crippen LogP contribution in [0.1, 0.15) is 36.2 Å². The lowest BCUT2D eigenvalue weighted by atomic mass is 9.50. The molecule has 20 heavy (non-hydrogen) atoms. The molecule has 5 nitrogen and oxygen atoms in total. The molecule has 0 atom stereocenters. The minimum atomic E-state index is -2.45. The molecule has 0 saturated heterocycles. The van der Waals surface area contributed by atoms with Crippen molar-refractivity contribution < 1.29 is 18.7 Å². The van der Waals surface area contributed by atoms with Crippen molar-refractivity contribution in [2.75, 3.05) is 11.9 Å². The minimum absolute atomic E-state index is 0.0314. The minimum Gasteiger partial charge on any atom is -0.476 e. The Labute approximate surface area is 114 Å². The molecule has 108 valence electrons. The molecule has 0 bridgehead atoms. The molecular formula is C13H15F2N3O2. The number of carboxylic acid groups (broad SMARTS) is 1. The second-order valence-electron chi connectivity index (χ2n) is 5.96. The van der Waals surface area contributed by atoms with Crippen LogP contribution in [-0.4, -0.2) is 33.5 Å². The number of hydrogen-bond acceptors (Lipinski definition) is 4.